The number of hydrogen-bond acceptors (Lipinski definition) is 3. The number of amides is 1. The minimum Gasteiger partial charge on any atom is -0.325 e. The van der Waals surface area contributed by atoms with Crippen LogP contribution < -0.4 is 5.32 Å². The quantitative estimate of drug-likeness (QED) is 0.449. The van der Waals surface area contributed by atoms with Crippen molar-refractivity contribution in [2.24, 2.45) is 0 Å². The van der Waals surface area contributed by atoms with Gasteiger partial charge in [-0.1, -0.05) is 53.0 Å². The third-order valence-corrected chi connectivity index (χ3v) is 7.26. The van der Waals surface area contributed by atoms with Crippen LogP contribution in [-0.2, 0) is 21.4 Å². The number of sulfonamides is 1. The Morgan fingerprint density at radius 1 is 0.935 bits per heavy atom. The first kappa shape index (κ1) is 23.6. The Bertz CT molecular complexity index is 1200. The van der Waals surface area contributed by atoms with Crippen LogP contribution in [0.1, 0.15) is 11.1 Å². The maximum atomic E-state index is 13.3. The van der Waals surface area contributed by atoms with Crippen LogP contribution in [0.3, 0.4) is 0 Å². The molecule has 31 heavy (non-hydrogen) atoms. The van der Waals surface area contributed by atoms with Gasteiger partial charge in [0.1, 0.15) is 0 Å². The summed E-state index contributed by atoms with van der Waals surface area (Å²) in [4.78, 5) is 12.8. The number of halogens is 3. The molecule has 3 aromatic carbocycles. The van der Waals surface area contributed by atoms with Gasteiger partial charge in [-0.25, -0.2) is 8.42 Å². The zero-order valence-corrected chi connectivity index (χ0v) is 19.6. The maximum absolute atomic E-state index is 13.3. The lowest BCUT2D eigenvalue weighted by molar-refractivity contribution is -0.116. The molecule has 0 aliphatic carbocycles. The standard InChI is InChI=1S/C22H19Cl3N2O3S/c1-15-20(25)6-3-7-21(15)26-22(28)14-27(13-16-4-2-5-18(24)12-16)31(29,30)19-10-8-17(23)9-11-19/h2-12H,13-14H2,1H3,(H,26,28). The van der Waals surface area contributed by atoms with E-state index in [1.54, 1.807) is 49.4 Å². The van der Waals surface area contributed by atoms with Gasteiger partial charge in [-0.3, -0.25) is 4.79 Å². The second-order valence-corrected chi connectivity index (χ2v) is 10.0. The lowest BCUT2D eigenvalue weighted by atomic mass is 10.2. The number of carbonyl (C=O) groups is 1. The van der Waals surface area contributed by atoms with E-state index in [1.807, 2.05) is 0 Å². The maximum Gasteiger partial charge on any atom is 0.243 e. The van der Waals surface area contributed by atoms with Crippen molar-refractivity contribution in [3.63, 3.8) is 0 Å². The molecule has 9 heteroatoms. The molecule has 162 valence electrons. The zero-order valence-electron chi connectivity index (χ0n) is 16.5. The van der Waals surface area contributed by atoms with Gasteiger partial charge < -0.3 is 5.32 Å². The van der Waals surface area contributed by atoms with Gasteiger partial charge in [0.2, 0.25) is 15.9 Å². The van der Waals surface area contributed by atoms with E-state index in [9.17, 15) is 13.2 Å². The highest BCUT2D eigenvalue weighted by Crippen LogP contribution is 2.24. The normalized spacial score (nSPS) is 11.5. The van der Waals surface area contributed by atoms with Crippen LogP contribution in [0.15, 0.2) is 71.6 Å². The molecule has 1 N–H and O–H groups in total. The van der Waals surface area contributed by atoms with Crippen molar-refractivity contribution in [2.45, 2.75) is 18.4 Å². The summed E-state index contributed by atoms with van der Waals surface area (Å²) in [5.41, 5.74) is 1.86. The fourth-order valence-electron chi connectivity index (χ4n) is 2.91. The number of nitrogens with one attached hydrogen (secondary N) is 1. The number of nitrogens with zero attached hydrogens (tertiary/aromatic N) is 1. The second-order valence-electron chi connectivity index (χ2n) is 6.82. The lowest BCUT2D eigenvalue weighted by Crippen LogP contribution is -2.37. The number of anilines is 1. The first-order valence-electron chi connectivity index (χ1n) is 9.22. The summed E-state index contributed by atoms with van der Waals surface area (Å²) in [6.45, 7) is 1.34. The molecule has 0 saturated carbocycles. The number of carbonyl (C=O) groups excluding carboxylic acids is 1. The topological polar surface area (TPSA) is 66.5 Å². The molecule has 0 heterocycles. The van der Waals surface area contributed by atoms with Gasteiger partial charge in [-0.15, -0.1) is 0 Å². The molecule has 0 aliphatic rings. The molecule has 5 nitrogen and oxygen atoms in total. The summed E-state index contributed by atoms with van der Waals surface area (Å²) in [5.74, 6) is -0.495. The van der Waals surface area contributed by atoms with E-state index >= 15 is 0 Å². The Balaban J connectivity index is 1.90. The van der Waals surface area contributed by atoms with Gasteiger partial charge in [0.05, 0.1) is 11.4 Å². The van der Waals surface area contributed by atoms with E-state index < -0.39 is 22.5 Å². The molecule has 0 radical (unpaired) electrons. The zero-order chi connectivity index (χ0) is 22.6. The summed E-state index contributed by atoms with van der Waals surface area (Å²) in [7, 11) is -3.99. The highest BCUT2D eigenvalue weighted by Gasteiger charge is 2.27. The molecular formula is C22H19Cl3N2O3S. The van der Waals surface area contributed by atoms with E-state index in [1.165, 1.54) is 24.3 Å². The van der Waals surface area contributed by atoms with Crippen molar-refractivity contribution >= 4 is 56.4 Å². The average molecular weight is 498 g/mol. The fraction of sp³-hybridized carbons (Fsp3) is 0.136. The SMILES string of the molecule is Cc1c(Cl)cccc1NC(=O)CN(Cc1cccc(Cl)c1)S(=O)(=O)c1ccc(Cl)cc1. The minimum atomic E-state index is -3.99. The van der Waals surface area contributed by atoms with E-state index in [2.05, 4.69) is 5.32 Å². The van der Waals surface area contributed by atoms with Crippen LogP contribution >= 0.6 is 34.8 Å². The predicted molar refractivity (Wildman–Crippen MR) is 125 cm³/mol. The molecule has 0 aromatic heterocycles. The molecule has 0 atom stereocenters. The van der Waals surface area contributed by atoms with Crippen LogP contribution in [0.25, 0.3) is 0 Å². The fourth-order valence-corrected chi connectivity index (χ4v) is 4.81. The Hall–Kier alpha value is -2.09. The Labute approximate surface area is 196 Å². The molecule has 0 saturated heterocycles. The monoisotopic (exact) mass is 496 g/mol. The third-order valence-electron chi connectivity index (χ3n) is 4.56. The van der Waals surface area contributed by atoms with Gasteiger partial charge >= 0.3 is 0 Å². The van der Waals surface area contributed by atoms with Crippen LogP contribution in [-0.4, -0.2) is 25.2 Å². The van der Waals surface area contributed by atoms with Crippen molar-refractivity contribution < 1.29 is 13.2 Å². The summed E-state index contributed by atoms with van der Waals surface area (Å²) in [6.07, 6.45) is 0. The minimum absolute atomic E-state index is 0.0330. The van der Waals surface area contributed by atoms with Crippen LogP contribution in [0.4, 0.5) is 5.69 Å². The summed E-state index contributed by atoms with van der Waals surface area (Å²) in [6, 6.07) is 17.7. The Kier molecular flexibility index (Phi) is 7.62. The summed E-state index contributed by atoms with van der Waals surface area (Å²) in [5, 5.41) is 4.12. The molecule has 0 aliphatic heterocycles. The Morgan fingerprint density at radius 2 is 1.61 bits per heavy atom. The molecule has 0 unspecified atom stereocenters. The first-order valence-corrected chi connectivity index (χ1v) is 11.8. The molecule has 0 fully saturated rings. The Morgan fingerprint density at radius 3 is 2.29 bits per heavy atom. The number of rotatable bonds is 7. The highest BCUT2D eigenvalue weighted by molar-refractivity contribution is 7.89. The van der Waals surface area contributed by atoms with Crippen molar-refractivity contribution in [1.82, 2.24) is 4.31 Å². The smallest absolute Gasteiger partial charge is 0.243 e. The highest BCUT2D eigenvalue weighted by atomic mass is 35.5. The molecule has 0 bridgehead atoms. The number of hydrogen-bond donors (Lipinski definition) is 1. The number of benzene rings is 3. The van der Waals surface area contributed by atoms with Gasteiger partial charge in [-0.2, -0.15) is 4.31 Å². The molecular weight excluding hydrogens is 479 g/mol. The molecule has 1 amide bonds. The molecule has 0 spiro atoms. The lowest BCUT2D eigenvalue weighted by Gasteiger charge is -2.22. The van der Waals surface area contributed by atoms with E-state index in [0.717, 1.165) is 4.31 Å². The van der Waals surface area contributed by atoms with Crippen molar-refractivity contribution in [2.75, 3.05) is 11.9 Å². The predicted octanol–water partition coefficient (Wildman–Crippen LogP) is 5.78. The van der Waals surface area contributed by atoms with Gasteiger partial charge in [-0.05, 0) is 66.6 Å². The van der Waals surface area contributed by atoms with Crippen LogP contribution in [0, 0.1) is 6.92 Å². The van der Waals surface area contributed by atoms with Crippen molar-refractivity contribution in [3.05, 3.63) is 92.9 Å². The largest absolute Gasteiger partial charge is 0.325 e. The van der Waals surface area contributed by atoms with Crippen molar-refractivity contribution in [1.29, 1.82) is 0 Å². The third kappa shape index (κ3) is 5.99. The summed E-state index contributed by atoms with van der Waals surface area (Å²) < 4.78 is 27.7. The molecule has 3 aromatic rings. The second kappa shape index (κ2) is 10.0. The van der Waals surface area contributed by atoms with E-state index in [-0.39, 0.29) is 11.4 Å². The van der Waals surface area contributed by atoms with Crippen molar-refractivity contribution in [3.8, 4) is 0 Å². The van der Waals surface area contributed by atoms with E-state index in [0.29, 0.717) is 31.9 Å². The van der Waals surface area contributed by atoms with Crippen LogP contribution in [0.2, 0.25) is 15.1 Å². The molecule has 3 rings (SSSR count). The first-order chi connectivity index (χ1) is 14.7. The van der Waals surface area contributed by atoms with Gasteiger partial charge in [0.25, 0.3) is 0 Å². The summed E-state index contributed by atoms with van der Waals surface area (Å²) >= 11 is 18.1. The van der Waals surface area contributed by atoms with Crippen LogP contribution in [0.5, 0.6) is 0 Å². The average Bonchev–Trinajstić information content (AvgIpc) is 2.71. The van der Waals surface area contributed by atoms with Gasteiger partial charge in [0, 0.05) is 27.3 Å². The van der Waals surface area contributed by atoms with Gasteiger partial charge in [0.15, 0.2) is 0 Å². The van der Waals surface area contributed by atoms with E-state index in [4.69, 9.17) is 34.8 Å².